The predicted octanol–water partition coefficient (Wildman–Crippen LogP) is 1.17. The summed E-state index contributed by atoms with van der Waals surface area (Å²) < 4.78 is 10.9. The molecule has 0 saturated carbocycles. The molecule has 94 valence electrons. The minimum absolute atomic E-state index is 0.547. The molecule has 0 heterocycles. The van der Waals surface area contributed by atoms with E-state index in [-0.39, 0.29) is 0 Å². The van der Waals surface area contributed by atoms with Crippen LogP contribution < -0.4 is 5.32 Å². The smallest absolute Gasteiger partial charge is 0.325 e. The van der Waals surface area contributed by atoms with Crippen LogP contribution in [-0.2, 0) is 15.6 Å². The molecule has 0 aromatic heterocycles. The van der Waals surface area contributed by atoms with Gasteiger partial charge in [0.15, 0.2) is 0 Å². The van der Waals surface area contributed by atoms with E-state index in [0.717, 1.165) is 5.56 Å². The molecular formula is C12H17NO3S. The van der Waals surface area contributed by atoms with Crippen molar-refractivity contribution in [3.63, 3.8) is 0 Å². The Morgan fingerprint density at radius 3 is 2.59 bits per heavy atom. The lowest BCUT2D eigenvalue weighted by atomic mass is 10.1. The van der Waals surface area contributed by atoms with E-state index in [1.165, 1.54) is 0 Å². The van der Waals surface area contributed by atoms with Crippen molar-refractivity contribution in [3.05, 3.63) is 35.9 Å². The molecule has 2 unspecified atom stereocenters. The Labute approximate surface area is 104 Å². The number of carboxylic acid groups (broad SMARTS) is 1. The predicted molar refractivity (Wildman–Crippen MR) is 68.4 cm³/mol. The van der Waals surface area contributed by atoms with Crippen LogP contribution in [0.3, 0.4) is 0 Å². The third-order valence-corrected chi connectivity index (χ3v) is 3.20. The summed E-state index contributed by atoms with van der Waals surface area (Å²) in [6.45, 7) is 0.547. The lowest BCUT2D eigenvalue weighted by molar-refractivity contribution is -0.139. The average Bonchev–Trinajstić information content (AvgIpc) is 2.29. The van der Waals surface area contributed by atoms with Gasteiger partial charge in [-0.05, 0) is 18.5 Å². The number of aliphatic carboxylic acids is 1. The van der Waals surface area contributed by atoms with Crippen molar-refractivity contribution in [1.82, 2.24) is 5.32 Å². The minimum Gasteiger partial charge on any atom is -0.480 e. The molecule has 0 radical (unpaired) electrons. The standard InChI is InChI=1S/C12H17NO3S/c1-17(16)9-5-8-13-11(12(14)15)10-6-3-2-4-7-10/h2-4,6-7,11,13H,5,8-9H2,1H3,(H,14,15). The minimum atomic E-state index is -0.895. The molecule has 0 aliphatic carbocycles. The fraction of sp³-hybridized carbons (Fsp3) is 0.417. The van der Waals surface area contributed by atoms with Crippen LogP contribution in [0.15, 0.2) is 30.3 Å². The molecule has 0 aliphatic heterocycles. The molecule has 2 N–H and O–H groups in total. The maximum absolute atomic E-state index is 11.1. The number of hydrogen-bond donors (Lipinski definition) is 2. The molecule has 1 rings (SSSR count). The van der Waals surface area contributed by atoms with Crippen LogP contribution in [0, 0.1) is 0 Å². The first-order valence-electron chi connectivity index (χ1n) is 5.42. The van der Waals surface area contributed by atoms with Crippen LogP contribution in [0.25, 0.3) is 0 Å². The first-order chi connectivity index (χ1) is 8.11. The zero-order valence-corrected chi connectivity index (χ0v) is 10.6. The van der Waals surface area contributed by atoms with E-state index in [0.29, 0.717) is 18.7 Å². The Balaban J connectivity index is 2.51. The molecule has 0 bridgehead atoms. The number of nitrogens with one attached hydrogen (secondary N) is 1. The normalized spacial score (nSPS) is 14.2. The van der Waals surface area contributed by atoms with Gasteiger partial charge in [-0.15, -0.1) is 0 Å². The number of hydrogen-bond acceptors (Lipinski definition) is 3. The van der Waals surface area contributed by atoms with Crippen molar-refractivity contribution in [3.8, 4) is 0 Å². The van der Waals surface area contributed by atoms with E-state index in [9.17, 15) is 9.00 Å². The van der Waals surface area contributed by atoms with Crippen molar-refractivity contribution < 1.29 is 14.1 Å². The van der Waals surface area contributed by atoms with E-state index in [2.05, 4.69) is 5.32 Å². The van der Waals surface area contributed by atoms with E-state index < -0.39 is 22.8 Å². The van der Waals surface area contributed by atoms with Crippen LogP contribution in [0.5, 0.6) is 0 Å². The van der Waals surface area contributed by atoms with Gasteiger partial charge in [-0.3, -0.25) is 9.00 Å². The number of rotatable bonds is 7. The largest absolute Gasteiger partial charge is 0.480 e. The summed E-state index contributed by atoms with van der Waals surface area (Å²) in [4.78, 5) is 11.1. The fourth-order valence-corrected chi connectivity index (χ4v) is 2.07. The Morgan fingerprint density at radius 1 is 1.41 bits per heavy atom. The second kappa shape index (κ2) is 7.19. The second-order valence-corrected chi connectivity index (χ2v) is 5.32. The SMILES string of the molecule is CS(=O)CCCNC(C(=O)O)c1ccccc1. The van der Waals surface area contributed by atoms with Crippen molar-refractivity contribution in [2.24, 2.45) is 0 Å². The van der Waals surface area contributed by atoms with E-state index in [1.807, 2.05) is 18.2 Å². The Hall–Kier alpha value is -1.20. The summed E-state index contributed by atoms with van der Waals surface area (Å²) >= 11 is 0. The quantitative estimate of drug-likeness (QED) is 0.718. The first kappa shape index (κ1) is 13.9. The molecule has 1 aromatic rings. The molecule has 0 saturated heterocycles. The summed E-state index contributed by atoms with van der Waals surface area (Å²) in [5, 5.41) is 12.1. The maximum atomic E-state index is 11.1. The number of benzene rings is 1. The first-order valence-corrected chi connectivity index (χ1v) is 7.15. The summed E-state index contributed by atoms with van der Waals surface area (Å²) in [5.74, 6) is -0.303. The lowest BCUT2D eigenvalue weighted by Gasteiger charge is -2.14. The van der Waals surface area contributed by atoms with Gasteiger partial charge < -0.3 is 10.4 Å². The second-order valence-electron chi connectivity index (χ2n) is 3.77. The van der Waals surface area contributed by atoms with Crippen LogP contribution >= 0.6 is 0 Å². The average molecular weight is 255 g/mol. The number of carboxylic acids is 1. The summed E-state index contributed by atoms with van der Waals surface area (Å²) in [6, 6.07) is 8.35. The molecule has 5 heteroatoms. The van der Waals surface area contributed by atoms with Gasteiger partial charge in [0.25, 0.3) is 0 Å². The van der Waals surface area contributed by atoms with Crippen LogP contribution in [0.4, 0.5) is 0 Å². The van der Waals surface area contributed by atoms with Crippen LogP contribution in [0.2, 0.25) is 0 Å². The Kier molecular flexibility index (Phi) is 5.86. The van der Waals surface area contributed by atoms with E-state index in [4.69, 9.17) is 5.11 Å². The highest BCUT2D eigenvalue weighted by Crippen LogP contribution is 2.12. The molecule has 1 aromatic carbocycles. The lowest BCUT2D eigenvalue weighted by Crippen LogP contribution is -2.29. The molecule has 0 aliphatic rings. The highest BCUT2D eigenvalue weighted by Gasteiger charge is 2.17. The highest BCUT2D eigenvalue weighted by atomic mass is 32.2. The van der Waals surface area contributed by atoms with Gasteiger partial charge in [-0.25, -0.2) is 0 Å². The maximum Gasteiger partial charge on any atom is 0.325 e. The number of carbonyl (C=O) groups is 1. The van der Waals surface area contributed by atoms with E-state index in [1.54, 1.807) is 18.4 Å². The van der Waals surface area contributed by atoms with Crippen molar-refractivity contribution >= 4 is 16.8 Å². The molecule has 17 heavy (non-hydrogen) atoms. The zero-order valence-electron chi connectivity index (χ0n) is 9.76. The van der Waals surface area contributed by atoms with Gasteiger partial charge in [0, 0.05) is 22.8 Å². The Bertz CT molecular complexity index is 381. The van der Waals surface area contributed by atoms with Crippen LogP contribution in [0.1, 0.15) is 18.0 Å². The van der Waals surface area contributed by atoms with Gasteiger partial charge in [0.05, 0.1) is 0 Å². The summed E-state index contributed by atoms with van der Waals surface area (Å²) in [6.07, 6.45) is 2.35. The van der Waals surface area contributed by atoms with Gasteiger partial charge in [-0.1, -0.05) is 30.3 Å². The molecule has 0 amide bonds. The highest BCUT2D eigenvalue weighted by molar-refractivity contribution is 7.84. The molecule has 4 nitrogen and oxygen atoms in total. The topological polar surface area (TPSA) is 66.4 Å². The molecule has 2 atom stereocenters. The summed E-state index contributed by atoms with van der Waals surface area (Å²) in [7, 11) is -0.823. The van der Waals surface area contributed by atoms with Crippen LogP contribution in [-0.4, -0.2) is 33.8 Å². The molecular weight excluding hydrogens is 238 g/mol. The van der Waals surface area contributed by atoms with Gasteiger partial charge in [-0.2, -0.15) is 0 Å². The van der Waals surface area contributed by atoms with Gasteiger partial charge in [0.2, 0.25) is 0 Å². The molecule has 0 fully saturated rings. The third kappa shape index (κ3) is 5.10. The van der Waals surface area contributed by atoms with Crippen molar-refractivity contribution in [2.75, 3.05) is 18.6 Å². The fourth-order valence-electron chi connectivity index (χ4n) is 1.52. The molecule has 0 spiro atoms. The monoisotopic (exact) mass is 255 g/mol. The summed E-state index contributed by atoms with van der Waals surface area (Å²) in [5.41, 5.74) is 0.734. The van der Waals surface area contributed by atoms with E-state index >= 15 is 0 Å². The van der Waals surface area contributed by atoms with Gasteiger partial charge in [0.1, 0.15) is 6.04 Å². The Morgan fingerprint density at radius 2 is 2.06 bits per heavy atom. The third-order valence-electron chi connectivity index (χ3n) is 2.34. The zero-order chi connectivity index (χ0) is 12.7. The van der Waals surface area contributed by atoms with Gasteiger partial charge >= 0.3 is 5.97 Å². The van der Waals surface area contributed by atoms with Crippen molar-refractivity contribution in [2.45, 2.75) is 12.5 Å². The van der Waals surface area contributed by atoms with Crippen molar-refractivity contribution in [1.29, 1.82) is 0 Å².